The standard InChI is InChI=1S/C25H36BFO5/c1-14(2)13-30-23(28)19-12-18(27)9-16(22(19)29-7)8-15(3)26-31-21-11-17-10-20(24(17,4)5)25(21,6)32-26/h9,12,14-15,17,20-21H,8,10-11,13H2,1-7H3/t15-,17?,20?,21?,25+/m1/s1. The van der Waals surface area contributed by atoms with Crippen molar-refractivity contribution in [3.8, 4) is 5.75 Å². The van der Waals surface area contributed by atoms with E-state index in [1.807, 2.05) is 20.8 Å². The second-order valence-corrected chi connectivity index (χ2v) is 11.2. The van der Waals surface area contributed by atoms with Gasteiger partial charge in [-0.05, 0) is 72.9 Å². The molecule has 0 spiro atoms. The van der Waals surface area contributed by atoms with Crippen molar-refractivity contribution >= 4 is 13.1 Å². The van der Waals surface area contributed by atoms with Crippen molar-refractivity contribution in [3.63, 3.8) is 0 Å². The molecule has 4 fully saturated rings. The third kappa shape index (κ3) is 3.85. The molecule has 3 aliphatic carbocycles. The number of esters is 1. The molecule has 1 heterocycles. The summed E-state index contributed by atoms with van der Waals surface area (Å²) in [5, 5.41) is 0. The normalized spacial score (nSPS) is 31.2. The lowest BCUT2D eigenvalue weighted by Gasteiger charge is -2.64. The highest BCUT2D eigenvalue weighted by Gasteiger charge is 2.68. The van der Waals surface area contributed by atoms with Gasteiger partial charge in [-0.25, -0.2) is 9.18 Å². The fourth-order valence-electron chi connectivity index (χ4n) is 6.10. The van der Waals surface area contributed by atoms with E-state index in [9.17, 15) is 9.18 Å². The molecule has 1 aromatic carbocycles. The largest absolute Gasteiger partial charge is 0.496 e. The predicted molar refractivity (Wildman–Crippen MR) is 121 cm³/mol. The smallest absolute Gasteiger partial charge is 0.461 e. The number of halogens is 1. The second-order valence-electron chi connectivity index (χ2n) is 11.2. The van der Waals surface area contributed by atoms with E-state index in [0.717, 1.165) is 6.42 Å². The molecular weight excluding hydrogens is 410 g/mol. The maximum Gasteiger partial charge on any atom is 0.461 e. The maximum atomic E-state index is 14.4. The van der Waals surface area contributed by atoms with Crippen LogP contribution in [-0.2, 0) is 20.5 Å². The van der Waals surface area contributed by atoms with E-state index in [2.05, 4.69) is 20.8 Å². The quantitative estimate of drug-likeness (QED) is 0.420. The Balaban J connectivity index is 1.51. The van der Waals surface area contributed by atoms with Gasteiger partial charge in [0, 0.05) is 0 Å². The highest BCUT2D eigenvalue weighted by Crippen LogP contribution is 2.66. The van der Waals surface area contributed by atoms with Crippen LogP contribution in [0.15, 0.2) is 12.1 Å². The molecular formula is C25H36BFO5. The number of carbonyl (C=O) groups is 1. The molecule has 5 atom stereocenters. The van der Waals surface area contributed by atoms with Crippen molar-refractivity contribution in [2.24, 2.45) is 23.2 Å². The van der Waals surface area contributed by atoms with Crippen molar-refractivity contribution in [2.75, 3.05) is 13.7 Å². The van der Waals surface area contributed by atoms with Gasteiger partial charge in [-0.3, -0.25) is 0 Å². The van der Waals surface area contributed by atoms with E-state index in [0.29, 0.717) is 29.6 Å². The van der Waals surface area contributed by atoms with Crippen LogP contribution in [0.5, 0.6) is 5.75 Å². The summed E-state index contributed by atoms with van der Waals surface area (Å²) in [7, 11) is 1.12. The van der Waals surface area contributed by atoms with E-state index in [4.69, 9.17) is 18.8 Å². The van der Waals surface area contributed by atoms with Crippen molar-refractivity contribution in [2.45, 2.75) is 78.3 Å². The molecule has 1 saturated heterocycles. The van der Waals surface area contributed by atoms with E-state index in [1.54, 1.807) is 0 Å². The van der Waals surface area contributed by atoms with Gasteiger partial charge in [-0.2, -0.15) is 0 Å². The molecule has 0 N–H and O–H groups in total. The number of methoxy groups -OCH3 is 1. The molecule has 5 nitrogen and oxygen atoms in total. The van der Waals surface area contributed by atoms with Crippen molar-refractivity contribution in [1.29, 1.82) is 0 Å². The Morgan fingerprint density at radius 3 is 2.59 bits per heavy atom. The molecule has 7 heteroatoms. The van der Waals surface area contributed by atoms with Crippen LogP contribution in [0.2, 0.25) is 5.82 Å². The summed E-state index contributed by atoms with van der Waals surface area (Å²) in [6.07, 6.45) is 2.79. The number of benzene rings is 1. The van der Waals surface area contributed by atoms with Crippen LogP contribution in [0.3, 0.4) is 0 Å². The number of rotatable bonds is 7. The van der Waals surface area contributed by atoms with Gasteiger partial charge in [0.25, 0.3) is 0 Å². The minimum Gasteiger partial charge on any atom is -0.496 e. The third-order valence-electron chi connectivity index (χ3n) is 8.08. The molecule has 3 saturated carbocycles. The van der Waals surface area contributed by atoms with Crippen molar-refractivity contribution in [3.05, 3.63) is 29.1 Å². The third-order valence-corrected chi connectivity index (χ3v) is 8.08. The molecule has 1 aromatic rings. The molecule has 176 valence electrons. The first kappa shape index (κ1) is 23.6. The molecule has 0 aromatic heterocycles. The lowest BCUT2D eigenvalue weighted by Crippen LogP contribution is -2.65. The van der Waals surface area contributed by atoms with Gasteiger partial charge in [0.1, 0.15) is 17.1 Å². The summed E-state index contributed by atoms with van der Waals surface area (Å²) in [4.78, 5) is 12.6. The molecule has 32 heavy (non-hydrogen) atoms. The van der Waals surface area contributed by atoms with Crippen LogP contribution in [0, 0.1) is 29.0 Å². The van der Waals surface area contributed by atoms with E-state index >= 15 is 0 Å². The van der Waals surface area contributed by atoms with Crippen molar-refractivity contribution in [1.82, 2.24) is 0 Å². The Morgan fingerprint density at radius 2 is 1.97 bits per heavy atom. The van der Waals surface area contributed by atoms with Crippen LogP contribution in [0.25, 0.3) is 0 Å². The Bertz CT molecular complexity index is 887. The zero-order valence-electron chi connectivity index (χ0n) is 20.4. The average molecular weight is 446 g/mol. The fourth-order valence-corrected chi connectivity index (χ4v) is 6.10. The molecule has 1 aliphatic heterocycles. The summed E-state index contributed by atoms with van der Waals surface area (Å²) in [6.45, 7) is 13.1. The van der Waals surface area contributed by atoms with Crippen LogP contribution in [0.1, 0.15) is 70.3 Å². The summed E-state index contributed by atoms with van der Waals surface area (Å²) in [6, 6.07) is 2.61. The van der Waals surface area contributed by atoms with Gasteiger partial charge in [-0.1, -0.05) is 34.6 Å². The van der Waals surface area contributed by atoms with Crippen LogP contribution >= 0.6 is 0 Å². The predicted octanol–water partition coefficient (Wildman–Crippen LogP) is 5.31. The first-order valence-corrected chi connectivity index (χ1v) is 11.8. The molecule has 3 unspecified atom stereocenters. The minimum atomic E-state index is -0.571. The zero-order valence-corrected chi connectivity index (χ0v) is 20.4. The molecule has 0 radical (unpaired) electrons. The minimum absolute atomic E-state index is 0.0343. The highest BCUT2D eigenvalue weighted by molar-refractivity contribution is 6.47. The fraction of sp³-hybridized carbons (Fsp3) is 0.720. The van der Waals surface area contributed by atoms with Gasteiger partial charge < -0.3 is 18.8 Å². The zero-order chi connectivity index (χ0) is 23.4. The van der Waals surface area contributed by atoms with Crippen molar-refractivity contribution < 1.29 is 28.0 Å². The molecule has 2 bridgehead atoms. The summed E-state index contributed by atoms with van der Waals surface area (Å²) >= 11 is 0. The van der Waals surface area contributed by atoms with Crippen LogP contribution in [-0.4, -0.2) is 38.5 Å². The highest BCUT2D eigenvalue weighted by atomic mass is 19.1. The molecule has 4 aliphatic rings. The van der Waals surface area contributed by atoms with E-state index in [-0.39, 0.29) is 48.1 Å². The van der Waals surface area contributed by atoms with Gasteiger partial charge in [0.2, 0.25) is 0 Å². The topological polar surface area (TPSA) is 54.0 Å². The lowest BCUT2D eigenvalue weighted by molar-refractivity contribution is -0.199. The van der Waals surface area contributed by atoms with E-state index in [1.165, 1.54) is 25.7 Å². The van der Waals surface area contributed by atoms with Crippen LogP contribution in [0.4, 0.5) is 4.39 Å². The Labute approximate surface area is 191 Å². The Hall–Kier alpha value is -1.60. The number of carbonyl (C=O) groups excluding carboxylic acids is 1. The number of hydrogen-bond acceptors (Lipinski definition) is 5. The van der Waals surface area contributed by atoms with Gasteiger partial charge in [-0.15, -0.1) is 0 Å². The Kier molecular flexibility index (Phi) is 6.12. The monoisotopic (exact) mass is 446 g/mol. The van der Waals surface area contributed by atoms with Crippen LogP contribution < -0.4 is 4.74 Å². The van der Waals surface area contributed by atoms with Gasteiger partial charge in [0.15, 0.2) is 0 Å². The first-order chi connectivity index (χ1) is 15.0. The molecule has 0 amide bonds. The Morgan fingerprint density at radius 1 is 1.25 bits per heavy atom. The number of hydrogen-bond donors (Lipinski definition) is 0. The van der Waals surface area contributed by atoms with Gasteiger partial charge in [0.05, 0.1) is 25.4 Å². The number of ether oxygens (including phenoxy) is 2. The maximum absolute atomic E-state index is 14.4. The molecule has 5 rings (SSSR count). The van der Waals surface area contributed by atoms with E-state index < -0.39 is 11.8 Å². The van der Waals surface area contributed by atoms with Gasteiger partial charge >= 0.3 is 13.1 Å². The second kappa shape index (κ2) is 8.32. The SMILES string of the molecule is COc1c(C[C@@H](C)B2OC3CC4CC(C4(C)C)[C@]3(C)O2)cc(F)cc1C(=O)OCC(C)C. The summed E-state index contributed by atoms with van der Waals surface area (Å²) < 4.78 is 38.3. The summed E-state index contributed by atoms with van der Waals surface area (Å²) in [5.41, 5.74) is 0.735. The first-order valence-electron chi connectivity index (χ1n) is 11.8. The lowest BCUT2D eigenvalue weighted by atomic mass is 9.43. The summed E-state index contributed by atoms with van der Waals surface area (Å²) in [5.74, 6) is 0.632. The average Bonchev–Trinajstić information content (AvgIpc) is 3.08.